The van der Waals surface area contributed by atoms with Crippen LogP contribution < -0.4 is 4.90 Å². The Morgan fingerprint density at radius 2 is 1.76 bits per heavy atom. The van der Waals surface area contributed by atoms with E-state index in [1.807, 2.05) is 0 Å². The van der Waals surface area contributed by atoms with Crippen molar-refractivity contribution in [1.82, 2.24) is 14.7 Å². The average molecular weight is 460 g/mol. The maximum absolute atomic E-state index is 13.1. The summed E-state index contributed by atoms with van der Waals surface area (Å²) >= 11 is 0. The van der Waals surface area contributed by atoms with Crippen molar-refractivity contribution >= 4 is 23.2 Å². The number of morpholine rings is 1. The minimum absolute atomic E-state index is 0.0192. The van der Waals surface area contributed by atoms with Crippen LogP contribution in [-0.2, 0) is 9.53 Å². The first-order chi connectivity index (χ1) is 15.9. The summed E-state index contributed by atoms with van der Waals surface area (Å²) in [5, 5.41) is 11.8. The number of piperazine rings is 1. The second-order valence-corrected chi connectivity index (χ2v) is 9.22. The van der Waals surface area contributed by atoms with Crippen LogP contribution in [0.5, 0.6) is 0 Å². The van der Waals surface area contributed by atoms with Crippen molar-refractivity contribution in [3.8, 4) is 0 Å². The molecule has 10 heteroatoms. The lowest BCUT2D eigenvalue weighted by atomic mass is 9.99. The SMILES string of the molecule is CC1CCCN(c2ccc(C(=O)N3CCN(C(=O)CN4CCOCC4)CC3)cc2[N+](=O)[O-])C1. The van der Waals surface area contributed by atoms with E-state index in [0.29, 0.717) is 63.1 Å². The summed E-state index contributed by atoms with van der Waals surface area (Å²) in [5.74, 6) is 0.332. The molecule has 33 heavy (non-hydrogen) atoms. The molecule has 1 aromatic carbocycles. The van der Waals surface area contributed by atoms with Crippen LogP contribution in [0.25, 0.3) is 0 Å². The smallest absolute Gasteiger partial charge is 0.293 e. The van der Waals surface area contributed by atoms with E-state index in [4.69, 9.17) is 4.74 Å². The number of nitro benzene ring substituents is 1. The molecule has 1 unspecified atom stereocenters. The highest BCUT2D eigenvalue weighted by atomic mass is 16.6. The molecule has 0 saturated carbocycles. The molecule has 0 aromatic heterocycles. The van der Waals surface area contributed by atoms with E-state index in [9.17, 15) is 19.7 Å². The van der Waals surface area contributed by atoms with Crippen molar-refractivity contribution in [3.05, 3.63) is 33.9 Å². The second-order valence-electron chi connectivity index (χ2n) is 9.22. The zero-order chi connectivity index (χ0) is 23.4. The second kappa shape index (κ2) is 10.5. The Hall–Kier alpha value is -2.72. The lowest BCUT2D eigenvalue weighted by molar-refractivity contribution is -0.384. The summed E-state index contributed by atoms with van der Waals surface area (Å²) in [6.45, 7) is 8.72. The highest BCUT2D eigenvalue weighted by Crippen LogP contribution is 2.32. The quantitative estimate of drug-likeness (QED) is 0.485. The third kappa shape index (κ3) is 5.62. The lowest BCUT2D eigenvalue weighted by Crippen LogP contribution is -2.53. The molecule has 1 aromatic rings. The Morgan fingerprint density at radius 3 is 2.42 bits per heavy atom. The predicted octanol–water partition coefficient (Wildman–Crippen LogP) is 1.45. The Bertz CT molecular complexity index is 880. The summed E-state index contributed by atoms with van der Waals surface area (Å²) in [6.07, 6.45) is 2.13. The van der Waals surface area contributed by atoms with E-state index in [0.717, 1.165) is 39.0 Å². The number of hydrogen-bond donors (Lipinski definition) is 0. The summed E-state index contributed by atoms with van der Waals surface area (Å²) < 4.78 is 5.32. The standard InChI is InChI=1S/C23H33N5O5/c1-18-3-2-6-27(16-18)20-5-4-19(15-21(20)28(31)32)23(30)26-9-7-25(8-10-26)22(29)17-24-11-13-33-14-12-24/h4-5,15,18H,2-3,6-14,16-17H2,1H3. The summed E-state index contributed by atoms with van der Waals surface area (Å²) in [7, 11) is 0. The number of carbonyl (C=O) groups is 2. The zero-order valence-electron chi connectivity index (χ0n) is 19.3. The van der Waals surface area contributed by atoms with Crippen molar-refractivity contribution in [3.63, 3.8) is 0 Å². The number of benzene rings is 1. The number of nitro groups is 1. The largest absolute Gasteiger partial charge is 0.379 e. The highest BCUT2D eigenvalue weighted by molar-refractivity contribution is 5.96. The Kier molecular flexibility index (Phi) is 7.44. The average Bonchev–Trinajstić information content (AvgIpc) is 2.84. The molecule has 2 amide bonds. The number of amides is 2. The maximum Gasteiger partial charge on any atom is 0.293 e. The van der Waals surface area contributed by atoms with Gasteiger partial charge in [0.15, 0.2) is 0 Å². The Balaban J connectivity index is 1.37. The first kappa shape index (κ1) is 23.4. The first-order valence-electron chi connectivity index (χ1n) is 11.8. The summed E-state index contributed by atoms with van der Waals surface area (Å²) in [4.78, 5) is 44.7. The monoisotopic (exact) mass is 459 g/mol. The van der Waals surface area contributed by atoms with Crippen molar-refractivity contribution in [1.29, 1.82) is 0 Å². The third-order valence-corrected chi connectivity index (χ3v) is 6.80. The van der Waals surface area contributed by atoms with Crippen LogP contribution in [0.15, 0.2) is 18.2 Å². The van der Waals surface area contributed by atoms with Crippen LogP contribution in [0.1, 0.15) is 30.1 Å². The molecule has 3 fully saturated rings. The summed E-state index contributed by atoms with van der Waals surface area (Å²) in [6, 6.07) is 4.82. The molecule has 3 heterocycles. The van der Waals surface area contributed by atoms with Gasteiger partial charge in [0.2, 0.25) is 5.91 Å². The van der Waals surface area contributed by atoms with Gasteiger partial charge >= 0.3 is 0 Å². The molecule has 180 valence electrons. The van der Waals surface area contributed by atoms with Crippen LogP contribution in [0.3, 0.4) is 0 Å². The van der Waals surface area contributed by atoms with Gasteiger partial charge in [0.05, 0.1) is 24.7 Å². The van der Waals surface area contributed by atoms with Crippen LogP contribution in [0.4, 0.5) is 11.4 Å². The normalized spacial score (nSPS) is 22.3. The molecule has 4 rings (SSSR count). The van der Waals surface area contributed by atoms with Gasteiger partial charge in [-0.2, -0.15) is 0 Å². The van der Waals surface area contributed by atoms with Crippen LogP contribution in [0, 0.1) is 16.0 Å². The molecule has 3 aliphatic heterocycles. The van der Waals surface area contributed by atoms with E-state index in [1.54, 1.807) is 21.9 Å². The molecule has 0 N–H and O–H groups in total. The number of piperidine rings is 1. The van der Waals surface area contributed by atoms with Gasteiger partial charge < -0.3 is 19.4 Å². The first-order valence-corrected chi connectivity index (χ1v) is 11.8. The molecular weight excluding hydrogens is 426 g/mol. The lowest BCUT2D eigenvalue weighted by Gasteiger charge is -2.36. The molecule has 3 saturated heterocycles. The topological polar surface area (TPSA) is 99.5 Å². The van der Waals surface area contributed by atoms with E-state index >= 15 is 0 Å². The Labute approximate surface area is 194 Å². The molecule has 0 spiro atoms. The molecular formula is C23H33N5O5. The van der Waals surface area contributed by atoms with Gasteiger partial charge in [-0.1, -0.05) is 6.92 Å². The number of hydrogen-bond acceptors (Lipinski definition) is 7. The van der Waals surface area contributed by atoms with Crippen molar-refractivity contribution in [2.24, 2.45) is 5.92 Å². The number of carbonyl (C=O) groups excluding carboxylic acids is 2. The predicted molar refractivity (Wildman–Crippen MR) is 123 cm³/mol. The van der Waals surface area contributed by atoms with Crippen LogP contribution in [0.2, 0.25) is 0 Å². The van der Waals surface area contributed by atoms with Crippen molar-refractivity contribution < 1.29 is 19.2 Å². The van der Waals surface area contributed by atoms with Crippen molar-refractivity contribution in [2.75, 3.05) is 77.0 Å². The van der Waals surface area contributed by atoms with E-state index in [-0.39, 0.29) is 17.5 Å². The molecule has 10 nitrogen and oxygen atoms in total. The van der Waals surface area contributed by atoms with Gasteiger partial charge in [-0.3, -0.25) is 24.6 Å². The maximum atomic E-state index is 13.1. The van der Waals surface area contributed by atoms with E-state index in [1.165, 1.54) is 6.07 Å². The van der Waals surface area contributed by atoms with Gasteiger partial charge in [0.25, 0.3) is 11.6 Å². The zero-order valence-corrected chi connectivity index (χ0v) is 19.3. The minimum atomic E-state index is -0.395. The van der Waals surface area contributed by atoms with Crippen LogP contribution >= 0.6 is 0 Å². The fraction of sp³-hybridized carbons (Fsp3) is 0.652. The van der Waals surface area contributed by atoms with E-state index in [2.05, 4.69) is 16.7 Å². The van der Waals surface area contributed by atoms with Gasteiger partial charge in [-0.25, -0.2) is 0 Å². The van der Waals surface area contributed by atoms with Gasteiger partial charge in [0, 0.05) is 64.0 Å². The number of rotatable bonds is 5. The molecule has 0 aliphatic carbocycles. The minimum Gasteiger partial charge on any atom is -0.379 e. The fourth-order valence-electron chi connectivity index (χ4n) is 4.87. The number of nitrogens with zero attached hydrogens (tertiary/aromatic N) is 5. The van der Waals surface area contributed by atoms with Gasteiger partial charge in [0.1, 0.15) is 5.69 Å². The molecule has 1 atom stereocenters. The third-order valence-electron chi connectivity index (χ3n) is 6.80. The molecule has 3 aliphatic rings. The molecule has 0 radical (unpaired) electrons. The number of anilines is 1. The summed E-state index contributed by atoms with van der Waals surface area (Å²) in [5.41, 5.74) is 0.888. The molecule has 0 bridgehead atoms. The van der Waals surface area contributed by atoms with Crippen LogP contribution in [-0.4, -0.2) is 104 Å². The van der Waals surface area contributed by atoms with Gasteiger partial charge in [-0.15, -0.1) is 0 Å². The van der Waals surface area contributed by atoms with E-state index < -0.39 is 4.92 Å². The highest BCUT2D eigenvalue weighted by Gasteiger charge is 2.29. The number of ether oxygens (including phenoxy) is 1. The Morgan fingerprint density at radius 1 is 1.06 bits per heavy atom. The van der Waals surface area contributed by atoms with Crippen molar-refractivity contribution in [2.45, 2.75) is 19.8 Å². The van der Waals surface area contributed by atoms with Gasteiger partial charge in [-0.05, 0) is 30.9 Å². The fourth-order valence-corrected chi connectivity index (χ4v) is 4.87.